The Kier molecular flexibility index (Phi) is 2.77. The molecule has 0 saturated carbocycles. The molecule has 2 rings (SSSR count). The molecule has 0 bridgehead atoms. The van der Waals surface area contributed by atoms with E-state index in [-0.39, 0.29) is 5.78 Å². The van der Waals surface area contributed by atoms with Crippen molar-refractivity contribution in [2.24, 2.45) is 5.92 Å². The van der Waals surface area contributed by atoms with Gasteiger partial charge in [-0.3, -0.25) is 9.78 Å². The van der Waals surface area contributed by atoms with Crippen molar-refractivity contribution in [2.75, 3.05) is 0 Å². The summed E-state index contributed by atoms with van der Waals surface area (Å²) in [6.45, 7) is 6.10. The third-order valence-corrected chi connectivity index (χ3v) is 2.67. The smallest absolute Gasteiger partial charge is 0.183 e. The average Bonchev–Trinajstić information content (AvgIpc) is 2.59. The molecule has 0 spiro atoms. The molecule has 16 heavy (non-hydrogen) atoms. The van der Waals surface area contributed by atoms with E-state index < -0.39 is 0 Å². The first-order valence-electron chi connectivity index (χ1n) is 5.55. The van der Waals surface area contributed by atoms with Crippen LogP contribution in [0.5, 0.6) is 0 Å². The molecule has 0 aliphatic carbocycles. The Morgan fingerprint density at radius 2 is 2.25 bits per heavy atom. The normalized spacial score (nSPS) is 11.2. The van der Waals surface area contributed by atoms with Gasteiger partial charge in [-0.05, 0) is 24.5 Å². The van der Waals surface area contributed by atoms with E-state index in [0.29, 0.717) is 18.0 Å². The van der Waals surface area contributed by atoms with Crippen LogP contribution in [0.15, 0.2) is 18.5 Å². The molecule has 0 amide bonds. The zero-order valence-corrected chi connectivity index (χ0v) is 9.87. The molecule has 2 aromatic rings. The summed E-state index contributed by atoms with van der Waals surface area (Å²) in [6, 6.07) is 1.94. The minimum atomic E-state index is 0.113. The fourth-order valence-corrected chi connectivity index (χ4v) is 1.87. The molecule has 0 unspecified atom stereocenters. The van der Waals surface area contributed by atoms with Gasteiger partial charge in [0.05, 0.1) is 5.52 Å². The summed E-state index contributed by atoms with van der Waals surface area (Å²) in [5.41, 5.74) is 2.58. The maximum atomic E-state index is 12.0. The number of Topliss-reactive ketones (excluding diaryl/α,β-unsaturated/α-hetero) is 1. The zero-order chi connectivity index (χ0) is 11.7. The fourth-order valence-electron chi connectivity index (χ4n) is 1.87. The van der Waals surface area contributed by atoms with Gasteiger partial charge < -0.3 is 4.98 Å². The second-order valence-corrected chi connectivity index (χ2v) is 4.57. The van der Waals surface area contributed by atoms with E-state index in [0.717, 1.165) is 16.5 Å². The van der Waals surface area contributed by atoms with Crippen molar-refractivity contribution >= 4 is 16.7 Å². The maximum Gasteiger partial charge on any atom is 0.183 e. The van der Waals surface area contributed by atoms with Gasteiger partial charge in [0.2, 0.25) is 0 Å². The number of hydrogen-bond donors (Lipinski definition) is 1. The molecule has 2 heterocycles. The van der Waals surface area contributed by atoms with Gasteiger partial charge in [-0.25, -0.2) is 0 Å². The Bertz CT molecular complexity index is 526. The van der Waals surface area contributed by atoms with Gasteiger partial charge >= 0.3 is 0 Å². The largest absolute Gasteiger partial charge is 0.359 e. The number of H-pyrrole nitrogens is 1. The number of rotatable bonds is 3. The number of aromatic nitrogens is 2. The SMILES string of the molecule is Cc1c[nH]c2c(C(=O)CC(C)C)nccc12. The van der Waals surface area contributed by atoms with Crippen molar-refractivity contribution in [1.82, 2.24) is 9.97 Å². The lowest BCUT2D eigenvalue weighted by molar-refractivity contribution is 0.0964. The Morgan fingerprint density at radius 3 is 2.94 bits per heavy atom. The highest BCUT2D eigenvalue weighted by Crippen LogP contribution is 2.21. The van der Waals surface area contributed by atoms with Gasteiger partial charge in [0.25, 0.3) is 0 Å². The second-order valence-electron chi connectivity index (χ2n) is 4.57. The molecule has 84 valence electrons. The van der Waals surface area contributed by atoms with Crippen LogP contribution in [-0.4, -0.2) is 15.8 Å². The molecule has 0 saturated heterocycles. The van der Waals surface area contributed by atoms with E-state index in [1.807, 2.05) is 33.0 Å². The van der Waals surface area contributed by atoms with E-state index >= 15 is 0 Å². The number of carbonyl (C=O) groups excluding carboxylic acids is 1. The first kappa shape index (κ1) is 10.9. The number of fused-ring (bicyclic) bond motifs is 1. The first-order chi connectivity index (χ1) is 7.59. The lowest BCUT2D eigenvalue weighted by Gasteiger charge is -2.04. The van der Waals surface area contributed by atoms with Gasteiger partial charge in [-0.15, -0.1) is 0 Å². The molecule has 0 fully saturated rings. The van der Waals surface area contributed by atoms with Gasteiger partial charge in [0, 0.05) is 24.2 Å². The second kappa shape index (κ2) is 4.08. The number of aryl methyl sites for hydroxylation is 1. The monoisotopic (exact) mass is 216 g/mol. The van der Waals surface area contributed by atoms with E-state index in [1.165, 1.54) is 0 Å². The van der Waals surface area contributed by atoms with Crippen LogP contribution in [0.2, 0.25) is 0 Å². The van der Waals surface area contributed by atoms with Crippen LogP contribution in [0.25, 0.3) is 10.9 Å². The molecule has 0 radical (unpaired) electrons. The fraction of sp³-hybridized carbons (Fsp3) is 0.385. The summed E-state index contributed by atoms with van der Waals surface area (Å²) in [4.78, 5) is 19.3. The molecule has 0 aliphatic heterocycles. The zero-order valence-electron chi connectivity index (χ0n) is 9.87. The highest BCUT2D eigenvalue weighted by atomic mass is 16.1. The number of nitrogens with zero attached hydrogens (tertiary/aromatic N) is 1. The van der Waals surface area contributed by atoms with Crippen molar-refractivity contribution in [2.45, 2.75) is 27.2 Å². The van der Waals surface area contributed by atoms with Crippen LogP contribution in [0.3, 0.4) is 0 Å². The van der Waals surface area contributed by atoms with Crippen molar-refractivity contribution in [3.05, 3.63) is 29.7 Å². The van der Waals surface area contributed by atoms with Crippen molar-refractivity contribution in [3.8, 4) is 0 Å². The van der Waals surface area contributed by atoms with Crippen LogP contribution in [0.1, 0.15) is 36.3 Å². The van der Waals surface area contributed by atoms with Gasteiger partial charge in [0.1, 0.15) is 5.69 Å². The minimum absolute atomic E-state index is 0.113. The molecule has 1 N–H and O–H groups in total. The minimum Gasteiger partial charge on any atom is -0.359 e. The summed E-state index contributed by atoms with van der Waals surface area (Å²) in [7, 11) is 0. The molecular weight excluding hydrogens is 200 g/mol. The Hall–Kier alpha value is -1.64. The predicted octanol–water partition coefficient (Wildman–Crippen LogP) is 3.10. The van der Waals surface area contributed by atoms with Gasteiger partial charge in [0.15, 0.2) is 5.78 Å². The van der Waals surface area contributed by atoms with Crippen LogP contribution in [-0.2, 0) is 0 Å². The summed E-state index contributed by atoms with van der Waals surface area (Å²) >= 11 is 0. The number of carbonyl (C=O) groups is 1. The summed E-state index contributed by atoms with van der Waals surface area (Å²) in [5, 5.41) is 1.09. The van der Waals surface area contributed by atoms with Crippen LogP contribution >= 0.6 is 0 Å². The quantitative estimate of drug-likeness (QED) is 0.801. The topological polar surface area (TPSA) is 45.8 Å². The molecular formula is C13H16N2O. The number of hydrogen-bond acceptors (Lipinski definition) is 2. The Labute approximate surface area is 94.9 Å². The molecule has 2 aromatic heterocycles. The summed E-state index contributed by atoms with van der Waals surface area (Å²) in [6.07, 6.45) is 4.17. The molecule has 3 nitrogen and oxygen atoms in total. The summed E-state index contributed by atoms with van der Waals surface area (Å²) < 4.78 is 0. The lowest BCUT2D eigenvalue weighted by atomic mass is 10.0. The van der Waals surface area contributed by atoms with Crippen molar-refractivity contribution < 1.29 is 4.79 Å². The Morgan fingerprint density at radius 1 is 1.50 bits per heavy atom. The summed E-state index contributed by atoms with van der Waals surface area (Å²) in [5.74, 6) is 0.475. The van der Waals surface area contributed by atoms with E-state index in [1.54, 1.807) is 6.20 Å². The van der Waals surface area contributed by atoms with Crippen LogP contribution in [0.4, 0.5) is 0 Å². The number of pyridine rings is 1. The highest BCUT2D eigenvalue weighted by Gasteiger charge is 2.14. The van der Waals surface area contributed by atoms with Crippen LogP contribution < -0.4 is 0 Å². The van der Waals surface area contributed by atoms with Crippen LogP contribution in [0, 0.1) is 12.8 Å². The van der Waals surface area contributed by atoms with E-state index in [2.05, 4.69) is 9.97 Å². The average molecular weight is 216 g/mol. The molecule has 3 heteroatoms. The van der Waals surface area contributed by atoms with Gasteiger partial charge in [-0.1, -0.05) is 13.8 Å². The predicted molar refractivity (Wildman–Crippen MR) is 64.6 cm³/mol. The third kappa shape index (κ3) is 1.85. The first-order valence-corrected chi connectivity index (χ1v) is 5.55. The standard InChI is InChI=1S/C13H16N2O/c1-8(2)6-11(16)13-12-10(4-5-14-13)9(3)7-15-12/h4-5,7-8,15H,6H2,1-3H3. The molecule has 0 aromatic carbocycles. The number of nitrogens with one attached hydrogen (secondary N) is 1. The van der Waals surface area contributed by atoms with E-state index in [9.17, 15) is 4.79 Å². The maximum absolute atomic E-state index is 12.0. The molecule has 0 atom stereocenters. The Balaban J connectivity index is 2.48. The van der Waals surface area contributed by atoms with Gasteiger partial charge in [-0.2, -0.15) is 0 Å². The highest BCUT2D eigenvalue weighted by molar-refractivity contribution is 6.05. The van der Waals surface area contributed by atoms with Crippen molar-refractivity contribution in [1.29, 1.82) is 0 Å². The number of aromatic amines is 1. The third-order valence-electron chi connectivity index (χ3n) is 2.67. The molecule has 0 aliphatic rings. The lowest BCUT2D eigenvalue weighted by Crippen LogP contribution is -2.06. The number of ketones is 1. The van der Waals surface area contributed by atoms with E-state index in [4.69, 9.17) is 0 Å². The van der Waals surface area contributed by atoms with Crippen molar-refractivity contribution in [3.63, 3.8) is 0 Å².